The van der Waals surface area contributed by atoms with Crippen LogP contribution in [0.25, 0.3) is 11.2 Å². The average molecular weight is 463 g/mol. The summed E-state index contributed by atoms with van der Waals surface area (Å²) >= 11 is 6.09. The predicted molar refractivity (Wildman–Crippen MR) is 111 cm³/mol. The Kier molecular flexibility index (Phi) is 5.38. The van der Waals surface area contributed by atoms with E-state index in [1.165, 1.54) is 51.2 Å². The Morgan fingerprint density at radius 2 is 1.94 bits per heavy atom. The number of benzene rings is 1. The molecule has 9 nitrogen and oxygen atoms in total. The van der Waals surface area contributed by atoms with Gasteiger partial charge in [-0.15, -0.1) is 0 Å². The molecule has 3 aromatic rings. The van der Waals surface area contributed by atoms with Crippen LogP contribution in [0, 0.1) is 0 Å². The van der Waals surface area contributed by atoms with Gasteiger partial charge in [0, 0.05) is 6.92 Å². The second kappa shape index (κ2) is 7.79. The highest BCUT2D eigenvalue weighted by molar-refractivity contribution is 6.33. The summed E-state index contributed by atoms with van der Waals surface area (Å²) in [5.41, 5.74) is -3.12. The molecule has 0 saturated carbocycles. The van der Waals surface area contributed by atoms with Crippen LogP contribution in [-0.4, -0.2) is 49.8 Å². The molecular formula is C21H20ClFN4O5. The van der Waals surface area contributed by atoms with Crippen LogP contribution in [0.2, 0.25) is 5.15 Å². The van der Waals surface area contributed by atoms with Gasteiger partial charge in [-0.1, -0.05) is 29.8 Å². The van der Waals surface area contributed by atoms with Crippen molar-refractivity contribution in [2.75, 3.05) is 7.11 Å². The van der Waals surface area contributed by atoms with Crippen LogP contribution < -0.4 is 0 Å². The molecule has 32 heavy (non-hydrogen) atoms. The van der Waals surface area contributed by atoms with Crippen LogP contribution in [-0.2, 0) is 19.0 Å². The van der Waals surface area contributed by atoms with Crippen molar-refractivity contribution in [3.63, 3.8) is 0 Å². The van der Waals surface area contributed by atoms with Crippen LogP contribution >= 0.6 is 11.6 Å². The van der Waals surface area contributed by atoms with E-state index in [9.17, 15) is 9.59 Å². The number of methoxy groups -OCH3 is 1. The Balaban J connectivity index is 1.91. The summed E-state index contributed by atoms with van der Waals surface area (Å²) in [5.74, 6) is -1.34. The monoisotopic (exact) mass is 462 g/mol. The normalized spacial score (nSPS) is 27.4. The van der Waals surface area contributed by atoms with Crippen LogP contribution in [0.1, 0.15) is 49.0 Å². The van der Waals surface area contributed by atoms with Crippen molar-refractivity contribution in [2.45, 2.75) is 44.4 Å². The SMILES string of the molecule is COC(=O)c1ccccc1[C@H]1OC(n2cnc3c(Cl)ncnc32)[C@](C)(F)[C@@]1(C)OC(C)=O. The summed E-state index contributed by atoms with van der Waals surface area (Å²) in [6, 6.07) is 6.44. The lowest BCUT2D eigenvalue weighted by atomic mass is 9.80. The molecule has 2 aromatic heterocycles. The van der Waals surface area contributed by atoms with Crippen molar-refractivity contribution in [2.24, 2.45) is 0 Å². The Labute approximate surface area is 187 Å². The summed E-state index contributed by atoms with van der Waals surface area (Å²) in [5, 5.41) is 0.0997. The first-order valence-electron chi connectivity index (χ1n) is 9.66. The van der Waals surface area contributed by atoms with Crippen molar-refractivity contribution in [1.29, 1.82) is 0 Å². The fraction of sp³-hybridized carbons (Fsp3) is 0.381. The van der Waals surface area contributed by atoms with Crippen molar-refractivity contribution in [3.05, 3.63) is 53.2 Å². The number of carbonyl (C=O) groups excluding carboxylic acids is 2. The summed E-state index contributed by atoms with van der Waals surface area (Å²) in [7, 11) is 1.24. The Morgan fingerprint density at radius 1 is 1.22 bits per heavy atom. The Bertz CT molecular complexity index is 1220. The van der Waals surface area contributed by atoms with Gasteiger partial charge in [0.1, 0.15) is 17.9 Å². The highest BCUT2D eigenvalue weighted by atomic mass is 35.5. The number of nitrogens with zero attached hydrogens (tertiary/aromatic N) is 4. The molecule has 1 aromatic carbocycles. The summed E-state index contributed by atoms with van der Waals surface area (Å²) in [6.07, 6.45) is 0.0779. The molecule has 1 saturated heterocycles. The van der Waals surface area contributed by atoms with E-state index in [0.29, 0.717) is 5.56 Å². The van der Waals surface area contributed by atoms with E-state index in [-0.39, 0.29) is 21.9 Å². The molecule has 4 rings (SSSR count). The highest BCUT2D eigenvalue weighted by Crippen LogP contribution is 2.57. The quantitative estimate of drug-likeness (QED) is 0.428. The third kappa shape index (κ3) is 3.21. The van der Waals surface area contributed by atoms with Gasteiger partial charge in [-0.25, -0.2) is 24.1 Å². The average Bonchev–Trinajstić information content (AvgIpc) is 3.25. The molecule has 0 N–H and O–H groups in total. The Hall–Kier alpha value is -3.11. The zero-order chi connectivity index (χ0) is 23.3. The molecule has 3 heterocycles. The maximum atomic E-state index is 16.6. The first-order chi connectivity index (χ1) is 15.1. The van der Waals surface area contributed by atoms with E-state index in [2.05, 4.69) is 15.0 Å². The highest BCUT2D eigenvalue weighted by Gasteiger charge is 2.67. The largest absolute Gasteiger partial charge is 0.465 e. The van der Waals surface area contributed by atoms with E-state index in [4.69, 9.17) is 25.8 Å². The standard InChI is InChI=1S/C21H20ClFN4O5/c1-11(28)32-21(3)15(12-7-5-6-8-13(12)18(29)30-4)31-19(20(21,2)23)27-10-26-14-16(22)24-9-25-17(14)27/h5-10,15,19H,1-4H3/t15-,19?,20+,21+/m1/s1. The molecule has 0 radical (unpaired) electrons. The van der Waals surface area contributed by atoms with Crippen LogP contribution in [0.3, 0.4) is 0 Å². The van der Waals surface area contributed by atoms with Gasteiger partial charge in [0.05, 0.1) is 19.0 Å². The second-order valence-electron chi connectivity index (χ2n) is 7.71. The lowest BCUT2D eigenvalue weighted by Gasteiger charge is -2.37. The lowest BCUT2D eigenvalue weighted by molar-refractivity contribution is -0.174. The minimum absolute atomic E-state index is 0.0997. The second-order valence-corrected chi connectivity index (χ2v) is 8.07. The van der Waals surface area contributed by atoms with Crippen LogP contribution in [0.5, 0.6) is 0 Å². The van der Waals surface area contributed by atoms with Gasteiger partial charge in [0.25, 0.3) is 0 Å². The van der Waals surface area contributed by atoms with Crippen molar-refractivity contribution in [3.8, 4) is 0 Å². The van der Waals surface area contributed by atoms with Gasteiger partial charge in [-0.05, 0) is 25.5 Å². The zero-order valence-electron chi connectivity index (χ0n) is 17.7. The molecule has 0 amide bonds. The number of imidazole rings is 1. The number of ether oxygens (including phenoxy) is 3. The topological polar surface area (TPSA) is 105 Å². The predicted octanol–water partition coefficient (Wildman–Crippen LogP) is 3.59. The number of rotatable bonds is 4. The lowest BCUT2D eigenvalue weighted by Crippen LogP contribution is -2.51. The first-order valence-corrected chi connectivity index (χ1v) is 10.0. The smallest absolute Gasteiger partial charge is 0.338 e. The number of aromatic nitrogens is 4. The number of alkyl halides is 1. The van der Waals surface area contributed by atoms with E-state index < -0.39 is 35.5 Å². The number of carbonyl (C=O) groups is 2. The minimum Gasteiger partial charge on any atom is -0.465 e. The molecular weight excluding hydrogens is 443 g/mol. The van der Waals surface area contributed by atoms with Gasteiger partial charge in [0.15, 0.2) is 28.3 Å². The van der Waals surface area contributed by atoms with Crippen LogP contribution in [0.15, 0.2) is 36.9 Å². The van der Waals surface area contributed by atoms with E-state index in [0.717, 1.165) is 0 Å². The van der Waals surface area contributed by atoms with E-state index >= 15 is 4.39 Å². The summed E-state index contributed by atoms with van der Waals surface area (Å²) in [6.45, 7) is 3.86. The minimum atomic E-state index is -2.28. The number of halogens is 2. The number of hydrogen-bond donors (Lipinski definition) is 0. The van der Waals surface area contributed by atoms with Gasteiger partial charge >= 0.3 is 11.9 Å². The maximum absolute atomic E-state index is 16.6. The van der Waals surface area contributed by atoms with Crippen LogP contribution in [0.4, 0.5) is 4.39 Å². The van der Waals surface area contributed by atoms with Gasteiger partial charge in [-0.3, -0.25) is 9.36 Å². The third-order valence-corrected chi connectivity index (χ3v) is 6.05. The molecule has 4 atom stereocenters. The Morgan fingerprint density at radius 3 is 2.62 bits per heavy atom. The third-order valence-electron chi connectivity index (χ3n) is 5.77. The first kappa shape index (κ1) is 22.1. The van der Waals surface area contributed by atoms with E-state index in [1.807, 2.05) is 0 Å². The molecule has 1 aliphatic rings. The molecule has 0 spiro atoms. The van der Waals surface area contributed by atoms with Gasteiger partial charge in [-0.2, -0.15) is 0 Å². The van der Waals surface area contributed by atoms with Crippen molar-refractivity contribution in [1.82, 2.24) is 19.5 Å². The fourth-order valence-electron chi connectivity index (χ4n) is 4.05. The molecule has 1 fully saturated rings. The summed E-state index contributed by atoms with van der Waals surface area (Å²) < 4.78 is 34.5. The maximum Gasteiger partial charge on any atom is 0.338 e. The number of fused-ring (bicyclic) bond motifs is 1. The zero-order valence-corrected chi connectivity index (χ0v) is 18.5. The van der Waals surface area contributed by atoms with E-state index in [1.54, 1.807) is 18.2 Å². The van der Waals surface area contributed by atoms with Crippen molar-refractivity contribution >= 4 is 34.7 Å². The molecule has 1 aliphatic heterocycles. The van der Waals surface area contributed by atoms with Crippen molar-refractivity contribution < 1.29 is 28.2 Å². The fourth-order valence-corrected chi connectivity index (χ4v) is 4.23. The number of esters is 2. The summed E-state index contributed by atoms with van der Waals surface area (Å²) in [4.78, 5) is 36.6. The molecule has 0 bridgehead atoms. The molecule has 1 unspecified atom stereocenters. The number of hydrogen-bond acceptors (Lipinski definition) is 8. The van der Waals surface area contributed by atoms with Gasteiger partial charge in [0.2, 0.25) is 0 Å². The molecule has 11 heteroatoms. The molecule has 0 aliphatic carbocycles. The molecule has 168 valence electrons. The van der Waals surface area contributed by atoms with Gasteiger partial charge < -0.3 is 14.2 Å².